The van der Waals surface area contributed by atoms with E-state index in [1.54, 1.807) is 0 Å². The highest BCUT2D eigenvalue weighted by molar-refractivity contribution is 7.08. The van der Waals surface area contributed by atoms with E-state index in [0.29, 0.717) is 0 Å². The molecule has 0 saturated carbocycles. The molecular weight excluding hydrogens is 324 g/mol. The van der Waals surface area contributed by atoms with Gasteiger partial charge in [-0.2, -0.15) is 0 Å². The van der Waals surface area contributed by atoms with Crippen LogP contribution in [0.5, 0.6) is 0 Å². The maximum absolute atomic E-state index is 6.38. The maximum atomic E-state index is 6.38. The number of ether oxygens (including phenoxy) is 3. The fourth-order valence-electron chi connectivity index (χ4n) is 2.63. The zero-order chi connectivity index (χ0) is 17.4. The molecule has 0 aromatic rings. The molecule has 0 N–H and O–H groups in total. The molecule has 1 aliphatic heterocycles. The van der Waals surface area contributed by atoms with Gasteiger partial charge in [-0.25, -0.2) is 0 Å². The van der Waals surface area contributed by atoms with Gasteiger partial charge in [0, 0.05) is 9.04 Å². The normalized spacial score (nSPS) is 33.0. The van der Waals surface area contributed by atoms with Crippen LogP contribution in [-0.2, 0) is 18.6 Å². The van der Waals surface area contributed by atoms with Crippen molar-refractivity contribution in [3.8, 4) is 0 Å². The molecule has 7 atom stereocenters. The van der Waals surface area contributed by atoms with E-state index in [0.717, 1.165) is 25.3 Å². The number of hydrogen-bond acceptors (Lipinski definition) is 4. The molecule has 138 valence electrons. The van der Waals surface area contributed by atoms with Gasteiger partial charge in [0.1, 0.15) is 6.10 Å². The predicted octanol–water partition coefficient (Wildman–Crippen LogP) is 2.96. The van der Waals surface area contributed by atoms with Crippen molar-refractivity contribution in [3.63, 3.8) is 0 Å². The Bertz CT molecular complexity index is 293. The minimum Gasteiger partial charge on any atom is -0.398 e. The van der Waals surface area contributed by atoms with Crippen LogP contribution in [0.2, 0.25) is 12.6 Å². The lowest BCUT2D eigenvalue weighted by Crippen LogP contribution is -2.56. The van der Waals surface area contributed by atoms with Crippen molar-refractivity contribution in [2.24, 2.45) is 0 Å². The largest absolute Gasteiger partial charge is 0.398 e. The van der Waals surface area contributed by atoms with Gasteiger partial charge in [0.25, 0.3) is 0 Å². The second kappa shape index (κ2) is 11.0. The van der Waals surface area contributed by atoms with Crippen molar-refractivity contribution in [1.29, 1.82) is 0 Å². The summed E-state index contributed by atoms with van der Waals surface area (Å²) in [5.74, 6) is 0. The standard InChI is InChI=1S/C17H38O4Si2/c1-8-12(4)18-15-11-23(22-7)21-17(20-14(6)10-3)16(15)19-13(5)9-2/h12-17,23H,8-11,22H2,1-7H3. The fraction of sp³-hybridized carbons (Fsp3) is 1.00. The Balaban J connectivity index is 2.90. The van der Waals surface area contributed by atoms with Crippen molar-refractivity contribution in [1.82, 2.24) is 0 Å². The lowest BCUT2D eigenvalue weighted by molar-refractivity contribution is -0.240. The summed E-state index contributed by atoms with van der Waals surface area (Å²) in [5, 5.41) is 0. The van der Waals surface area contributed by atoms with Crippen LogP contribution >= 0.6 is 0 Å². The van der Waals surface area contributed by atoms with Crippen LogP contribution in [0, 0.1) is 0 Å². The van der Waals surface area contributed by atoms with Gasteiger partial charge < -0.3 is 18.6 Å². The molecule has 0 aliphatic carbocycles. The average molecular weight is 363 g/mol. The summed E-state index contributed by atoms with van der Waals surface area (Å²) in [6, 6.07) is 1.08. The third-order valence-electron chi connectivity index (χ3n) is 4.80. The van der Waals surface area contributed by atoms with Crippen LogP contribution in [0.15, 0.2) is 0 Å². The molecule has 0 spiro atoms. The Morgan fingerprint density at radius 3 is 2.00 bits per heavy atom. The average Bonchev–Trinajstić information content (AvgIpc) is 2.56. The van der Waals surface area contributed by atoms with E-state index in [9.17, 15) is 0 Å². The van der Waals surface area contributed by atoms with Gasteiger partial charge in [-0.15, -0.1) is 0 Å². The molecule has 1 fully saturated rings. The van der Waals surface area contributed by atoms with Crippen LogP contribution in [0.25, 0.3) is 0 Å². The molecule has 7 unspecified atom stereocenters. The van der Waals surface area contributed by atoms with Crippen LogP contribution in [0.4, 0.5) is 0 Å². The first-order valence-corrected chi connectivity index (χ1v) is 15.5. The molecule has 0 amide bonds. The first-order chi connectivity index (χ1) is 10.9. The quantitative estimate of drug-likeness (QED) is 0.560. The van der Waals surface area contributed by atoms with Crippen LogP contribution in [-0.4, -0.2) is 54.4 Å². The topological polar surface area (TPSA) is 36.9 Å². The van der Waals surface area contributed by atoms with Crippen molar-refractivity contribution >= 4 is 17.6 Å². The first-order valence-electron chi connectivity index (χ1n) is 9.56. The third-order valence-corrected chi connectivity index (χ3v) is 11.7. The SMILES string of the molecule is CCC(C)OC1C[SiH]([SiH2]C)OC(OC(C)CC)C1OC(C)CC. The summed E-state index contributed by atoms with van der Waals surface area (Å²) in [7, 11) is -1.27. The molecule has 1 saturated heterocycles. The highest BCUT2D eigenvalue weighted by Crippen LogP contribution is 2.28. The van der Waals surface area contributed by atoms with Gasteiger partial charge in [-0.05, 0) is 46.1 Å². The van der Waals surface area contributed by atoms with Crippen LogP contribution in [0.3, 0.4) is 0 Å². The highest BCUT2D eigenvalue weighted by atomic mass is 29.2. The van der Waals surface area contributed by atoms with E-state index >= 15 is 0 Å². The van der Waals surface area contributed by atoms with E-state index < -0.39 is 8.56 Å². The summed E-state index contributed by atoms with van der Waals surface area (Å²) in [4.78, 5) is 0. The van der Waals surface area contributed by atoms with E-state index in [1.165, 1.54) is 0 Å². The van der Waals surface area contributed by atoms with Crippen LogP contribution in [0.1, 0.15) is 60.8 Å². The highest BCUT2D eigenvalue weighted by Gasteiger charge is 2.42. The molecule has 0 aromatic heterocycles. The molecule has 0 aromatic carbocycles. The molecule has 0 radical (unpaired) electrons. The zero-order valence-electron chi connectivity index (χ0n) is 16.2. The van der Waals surface area contributed by atoms with Crippen molar-refractivity contribution < 1.29 is 18.6 Å². The smallest absolute Gasteiger partial charge is 0.176 e. The van der Waals surface area contributed by atoms with E-state index in [2.05, 4.69) is 48.1 Å². The summed E-state index contributed by atoms with van der Waals surface area (Å²) in [5.41, 5.74) is 0. The molecule has 6 heteroatoms. The fourth-order valence-corrected chi connectivity index (χ4v) is 7.90. The second-order valence-electron chi connectivity index (χ2n) is 6.84. The van der Waals surface area contributed by atoms with E-state index in [1.807, 2.05) is 0 Å². The molecule has 1 rings (SSSR count). The van der Waals surface area contributed by atoms with Crippen LogP contribution < -0.4 is 0 Å². The molecular formula is C17H38O4Si2. The van der Waals surface area contributed by atoms with Crippen molar-refractivity contribution in [2.45, 2.75) is 110 Å². The maximum Gasteiger partial charge on any atom is 0.176 e. The molecule has 23 heavy (non-hydrogen) atoms. The predicted molar refractivity (Wildman–Crippen MR) is 101 cm³/mol. The first kappa shape index (κ1) is 21.3. The van der Waals surface area contributed by atoms with Gasteiger partial charge in [0.05, 0.1) is 24.4 Å². The Kier molecular flexibility index (Phi) is 10.2. The number of rotatable bonds is 10. The molecule has 1 aliphatic rings. The Morgan fingerprint density at radius 1 is 0.957 bits per heavy atom. The van der Waals surface area contributed by atoms with Gasteiger partial charge in [-0.3, -0.25) is 0 Å². The Morgan fingerprint density at radius 2 is 1.48 bits per heavy atom. The Hall–Kier alpha value is 0.274. The van der Waals surface area contributed by atoms with Gasteiger partial charge in [-0.1, -0.05) is 27.3 Å². The minimum atomic E-state index is -1.14. The summed E-state index contributed by atoms with van der Waals surface area (Å²) < 4.78 is 25.3. The van der Waals surface area contributed by atoms with Gasteiger partial charge >= 0.3 is 0 Å². The summed E-state index contributed by atoms with van der Waals surface area (Å²) in [6.07, 6.45) is 3.45. The van der Waals surface area contributed by atoms with E-state index in [-0.39, 0.29) is 45.8 Å². The van der Waals surface area contributed by atoms with Crippen molar-refractivity contribution in [2.75, 3.05) is 0 Å². The lowest BCUT2D eigenvalue weighted by atomic mass is 10.1. The summed E-state index contributed by atoms with van der Waals surface area (Å²) in [6.45, 7) is 15.2. The van der Waals surface area contributed by atoms with Gasteiger partial charge in [0.15, 0.2) is 14.8 Å². The number of hydrogen-bond donors (Lipinski definition) is 0. The monoisotopic (exact) mass is 362 g/mol. The summed E-state index contributed by atoms with van der Waals surface area (Å²) >= 11 is 0. The second-order valence-corrected chi connectivity index (χ2v) is 14.8. The zero-order valence-corrected chi connectivity index (χ0v) is 18.8. The molecule has 4 nitrogen and oxygen atoms in total. The lowest BCUT2D eigenvalue weighted by Gasteiger charge is -2.43. The molecule has 1 heterocycles. The minimum absolute atomic E-state index is 0.0998. The Labute approximate surface area is 146 Å². The van der Waals surface area contributed by atoms with E-state index in [4.69, 9.17) is 18.6 Å². The third kappa shape index (κ3) is 6.96. The molecule has 0 bridgehead atoms. The van der Waals surface area contributed by atoms with Crippen molar-refractivity contribution in [3.05, 3.63) is 0 Å². The van der Waals surface area contributed by atoms with Gasteiger partial charge in [0.2, 0.25) is 0 Å².